The van der Waals surface area contributed by atoms with Crippen LogP contribution in [0.4, 0.5) is 0 Å². The zero-order chi connectivity index (χ0) is 28.3. The number of carbonyl (C=O) groups is 1. The van der Waals surface area contributed by atoms with Gasteiger partial charge in [0.05, 0.1) is 6.61 Å². The van der Waals surface area contributed by atoms with Gasteiger partial charge in [0.1, 0.15) is 0 Å². The summed E-state index contributed by atoms with van der Waals surface area (Å²) in [6.07, 6.45) is 22.5. The van der Waals surface area contributed by atoms with E-state index >= 15 is 0 Å². The molecule has 224 valence electrons. The Morgan fingerprint density at radius 1 is 0.850 bits per heavy atom. The number of aliphatic hydroxyl groups excluding tert-OH is 1. The Kier molecular flexibility index (Phi) is 12.6. The summed E-state index contributed by atoms with van der Waals surface area (Å²) in [4.78, 5) is 11.9. The van der Waals surface area contributed by atoms with E-state index in [4.69, 9.17) is 4.74 Å². The van der Waals surface area contributed by atoms with Gasteiger partial charge in [0.15, 0.2) is 0 Å². The van der Waals surface area contributed by atoms with Crippen molar-refractivity contribution in [3.63, 3.8) is 0 Å². The third-order valence-corrected chi connectivity index (χ3v) is 11.2. The van der Waals surface area contributed by atoms with Crippen molar-refractivity contribution in [3.8, 4) is 0 Å². The summed E-state index contributed by atoms with van der Waals surface area (Å²) in [6.45, 7) is 8.27. The highest BCUT2D eigenvalue weighted by atomic mass is 16.5. The molecule has 3 heteroatoms. The summed E-state index contributed by atoms with van der Waals surface area (Å²) in [6, 6.07) is 9.67. The zero-order valence-electron chi connectivity index (χ0n) is 25.8. The van der Waals surface area contributed by atoms with Crippen LogP contribution >= 0.6 is 0 Å². The normalized spacial score (nSPS) is 30.0. The van der Waals surface area contributed by atoms with Crippen molar-refractivity contribution in [3.05, 3.63) is 47.5 Å². The molecule has 1 unspecified atom stereocenters. The molecule has 1 N–H and O–H groups in total. The fraction of sp³-hybridized carbons (Fsp3) is 0.757. The molecular formula is C37H58O3. The van der Waals surface area contributed by atoms with Crippen LogP contribution in [0.3, 0.4) is 0 Å². The fourth-order valence-electron chi connectivity index (χ4n) is 8.56. The van der Waals surface area contributed by atoms with Crippen molar-refractivity contribution >= 4 is 5.97 Å². The molecule has 3 saturated carbocycles. The number of unbranched alkanes of at least 4 members (excludes halogenated alkanes) is 2. The van der Waals surface area contributed by atoms with Gasteiger partial charge in [-0.3, -0.25) is 0 Å². The maximum atomic E-state index is 11.9. The number of benzene rings is 1. The molecule has 3 fully saturated rings. The monoisotopic (exact) mass is 550 g/mol. The summed E-state index contributed by atoms with van der Waals surface area (Å²) in [7, 11) is 0. The van der Waals surface area contributed by atoms with Crippen molar-refractivity contribution in [1.82, 2.24) is 0 Å². The minimum absolute atomic E-state index is 0.173. The zero-order valence-corrected chi connectivity index (χ0v) is 25.8. The molecule has 1 aromatic rings. The van der Waals surface area contributed by atoms with E-state index in [0.29, 0.717) is 18.1 Å². The molecule has 1 atom stereocenters. The Bertz CT molecular complexity index is 880. The van der Waals surface area contributed by atoms with Gasteiger partial charge >= 0.3 is 5.97 Å². The molecule has 0 spiro atoms. The van der Waals surface area contributed by atoms with E-state index in [1.54, 1.807) is 12.5 Å². The lowest BCUT2D eigenvalue weighted by molar-refractivity contribution is -0.141. The minimum atomic E-state index is -0.298. The standard InChI is InChI=1S/C37H58O3/c1-4-5-6-7-28-8-10-29(11-9-28)30-12-14-31(15-13-30)32-16-18-33(19-17-32)34-20-22-35(23-21-34)36(24-25-38)26-40-37(39)27(2)3/h8-11,30-36,38H,2,4-7,12-26H2,1,3H3. The lowest BCUT2D eigenvalue weighted by Gasteiger charge is -2.42. The Labute approximate surface area is 245 Å². The van der Waals surface area contributed by atoms with Crippen LogP contribution in [0.5, 0.6) is 0 Å². The first-order chi connectivity index (χ1) is 19.5. The van der Waals surface area contributed by atoms with E-state index < -0.39 is 0 Å². The minimum Gasteiger partial charge on any atom is -0.462 e. The molecule has 0 saturated heterocycles. The molecular weight excluding hydrogens is 492 g/mol. The van der Waals surface area contributed by atoms with Crippen LogP contribution in [0.25, 0.3) is 0 Å². The van der Waals surface area contributed by atoms with Gasteiger partial charge in [-0.25, -0.2) is 4.79 Å². The van der Waals surface area contributed by atoms with Crippen molar-refractivity contribution < 1.29 is 14.6 Å². The second kappa shape index (κ2) is 16.1. The number of carbonyl (C=O) groups excluding carboxylic acids is 1. The van der Waals surface area contributed by atoms with Crippen molar-refractivity contribution in [1.29, 1.82) is 0 Å². The number of aliphatic hydroxyl groups is 1. The first-order valence-electron chi connectivity index (χ1n) is 17.0. The van der Waals surface area contributed by atoms with Gasteiger partial charge in [-0.15, -0.1) is 0 Å². The van der Waals surface area contributed by atoms with Gasteiger partial charge in [0.2, 0.25) is 0 Å². The van der Waals surface area contributed by atoms with E-state index in [1.165, 1.54) is 108 Å². The molecule has 0 bridgehead atoms. The second-order valence-corrected chi connectivity index (χ2v) is 13.8. The van der Waals surface area contributed by atoms with Crippen LogP contribution in [0, 0.1) is 35.5 Å². The van der Waals surface area contributed by atoms with Crippen LogP contribution < -0.4 is 0 Å². The lowest BCUT2D eigenvalue weighted by atomic mass is 9.64. The van der Waals surface area contributed by atoms with Gasteiger partial charge in [-0.2, -0.15) is 0 Å². The van der Waals surface area contributed by atoms with Crippen LogP contribution in [-0.4, -0.2) is 24.3 Å². The van der Waals surface area contributed by atoms with E-state index in [0.717, 1.165) is 36.0 Å². The van der Waals surface area contributed by atoms with Crippen molar-refractivity contribution in [2.75, 3.05) is 13.2 Å². The van der Waals surface area contributed by atoms with Gasteiger partial charge in [0, 0.05) is 12.2 Å². The predicted octanol–water partition coefficient (Wildman–Crippen LogP) is 9.42. The Hall–Kier alpha value is -1.61. The van der Waals surface area contributed by atoms with Crippen LogP contribution in [-0.2, 0) is 16.0 Å². The maximum absolute atomic E-state index is 11.9. The van der Waals surface area contributed by atoms with Gasteiger partial charge < -0.3 is 9.84 Å². The number of ether oxygens (including phenoxy) is 1. The Balaban J connectivity index is 1.15. The van der Waals surface area contributed by atoms with Gasteiger partial charge in [0.25, 0.3) is 0 Å². The SMILES string of the molecule is C=C(C)C(=O)OCC(CCO)C1CCC(C2CCC(C3CCC(c4ccc(CCCCC)cc4)CC3)CC2)CC1. The average Bonchev–Trinajstić information content (AvgIpc) is 3.00. The molecule has 1 aromatic carbocycles. The highest BCUT2D eigenvalue weighted by Crippen LogP contribution is 2.48. The summed E-state index contributed by atoms with van der Waals surface area (Å²) >= 11 is 0. The summed E-state index contributed by atoms with van der Waals surface area (Å²) in [5.74, 6) is 5.07. The second-order valence-electron chi connectivity index (χ2n) is 13.8. The average molecular weight is 551 g/mol. The number of hydrogen-bond donors (Lipinski definition) is 1. The van der Waals surface area contributed by atoms with Crippen molar-refractivity contribution in [2.45, 2.75) is 129 Å². The van der Waals surface area contributed by atoms with E-state index in [2.05, 4.69) is 37.8 Å². The van der Waals surface area contributed by atoms with Gasteiger partial charge in [-0.1, -0.05) is 50.6 Å². The topological polar surface area (TPSA) is 46.5 Å². The summed E-state index contributed by atoms with van der Waals surface area (Å²) in [5.41, 5.74) is 3.57. The Morgan fingerprint density at radius 2 is 1.38 bits per heavy atom. The van der Waals surface area contributed by atoms with E-state index in [-0.39, 0.29) is 18.5 Å². The van der Waals surface area contributed by atoms with E-state index in [9.17, 15) is 9.90 Å². The smallest absolute Gasteiger partial charge is 0.333 e. The van der Waals surface area contributed by atoms with Crippen LogP contribution in [0.15, 0.2) is 36.4 Å². The summed E-state index contributed by atoms with van der Waals surface area (Å²) < 4.78 is 5.49. The summed E-state index contributed by atoms with van der Waals surface area (Å²) in [5, 5.41) is 9.59. The molecule has 0 heterocycles. The molecule has 3 aliphatic carbocycles. The molecule has 0 amide bonds. The van der Waals surface area contributed by atoms with Crippen LogP contribution in [0.2, 0.25) is 0 Å². The molecule has 0 aromatic heterocycles. The molecule has 3 nitrogen and oxygen atoms in total. The molecule has 0 radical (unpaired) electrons. The van der Waals surface area contributed by atoms with Crippen LogP contribution in [0.1, 0.15) is 134 Å². The number of hydrogen-bond acceptors (Lipinski definition) is 3. The van der Waals surface area contributed by atoms with Gasteiger partial charge in [-0.05, 0) is 156 Å². The largest absolute Gasteiger partial charge is 0.462 e. The number of aryl methyl sites for hydroxylation is 1. The molecule has 40 heavy (non-hydrogen) atoms. The predicted molar refractivity (Wildman–Crippen MR) is 166 cm³/mol. The molecule has 4 rings (SSSR count). The Morgan fingerprint density at radius 3 is 1.88 bits per heavy atom. The van der Waals surface area contributed by atoms with Crippen molar-refractivity contribution in [2.24, 2.45) is 35.5 Å². The lowest BCUT2D eigenvalue weighted by Crippen LogP contribution is -2.32. The first-order valence-corrected chi connectivity index (χ1v) is 17.0. The van der Waals surface area contributed by atoms with E-state index in [1.807, 2.05) is 0 Å². The third kappa shape index (κ3) is 8.94. The first kappa shape index (κ1) is 31.3. The fourth-order valence-corrected chi connectivity index (χ4v) is 8.56. The highest BCUT2D eigenvalue weighted by Gasteiger charge is 2.36. The molecule has 0 aliphatic heterocycles. The molecule has 3 aliphatic rings. The quantitative estimate of drug-likeness (QED) is 0.151. The maximum Gasteiger partial charge on any atom is 0.333 e. The highest BCUT2D eigenvalue weighted by molar-refractivity contribution is 5.86. The number of esters is 1. The third-order valence-electron chi connectivity index (χ3n) is 11.2. The number of rotatable bonds is 13.